The normalized spacial score (nSPS) is 24.4. The predicted octanol–water partition coefficient (Wildman–Crippen LogP) is 1.92. The predicted molar refractivity (Wildman–Crippen MR) is 84.0 cm³/mol. The van der Waals surface area contributed by atoms with E-state index >= 15 is 0 Å². The van der Waals surface area contributed by atoms with Gasteiger partial charge in [0.25, 0.3) is 0 Å². The average molecular weight is 294 g/mol. The van der Waals surface area contributed by atoms with Crippen molar-refractivity contribution in [3.8, 4) is 0 Å². The molecule has 2 saturated heterocycles. The standard InChI is InChI=1S/C15H26N4S/c1-12(2)16-8-15-17-13(11-20-15)9-18-6-7-19-5-3-4-14(19)10-18/h11-12,14,16H,3-10H2,1-2H3. The number of hydrogen-bond acceptors (Lipinski definition) is 5. The number of nitrogens with one attached hydrogen (secondary N) is 1. The Labute approximate surface area is 126 Å². The summed E-state index contributed by atoms with van der Waals surface area (Å²) in [6.45, 7) is 11.3. The Balaban J connectivity index is 1.50. The Bertz CT molecular complexity index is 431. The lowest BCUT2D eigenvalue weighted by atomic mass is 10.1. The van der Waals surface area contributed by atoms with Crippen molar-refractivity contribution in [3.05, 3.63) is 16.1 Å². The molecule has 3 heterocycles. The number of nitrogens with zero attached hydrogens (tertiary/aromatic N) is 3. The second-order valence-corrected chi connectivity index (χ2v) is 7.28. The summed E-state index contributed by atoms with van der Waals surface area (Å²) >= 11 is 1.79. The number of thiazole rings is 1. The Hall–Kier alpha value is -0.490. The van der Waals surface area contributed by atoms with E-state index in [1.807, 2.05) is 0 Å². The van der Waals surface area contributed by atoms with E-state index < -0.39 is 0 Å². The minimum atomic E-state index is 0.526. The van der Waals surface area contributed by atoms with Crippen LogP contribution in [0.4, 0.5) is 0 Å². The van der Waals surface area contributed by atoms with Crippen LogP contribution in [0.25, 0.3) is 0 Å². The van der Waals surface area contributed by atoms with Gasteiger partial charge in [-0.05, 0) is 19.4 Å². The van der Waals surface area contributed by atoms with E-state index in [1.54, 1.807) is 11.3 Å². The van der Waals surface area contributed by atoms with Gasteiger partial charge in [-0.15, -0.1) is 11.3 Å². The molecule has 0 aromatic carbocycles. The third kappa shape index (κ3) is 3.58. The van der Waals surface area contributed by atoms with E-state index in [0.717, 1.165) is 19.1 Å². The highest BCUT2D eigenvalue weighted by Gasteiger charge is 2.30. The van der Waals surface area contributed by atoms with E-state index in [0.29, 0.717) is 6.04 Å². The SMILES string of the molecule is CC(C)NCc1nc(CN2CCN3CCCC3C2)cs1. The molecule has 1 aromatic rings. The quantitative estimate of drug-likeness (QED) is 0.899. The van der Waals surface area contributed by atoms with Crippen molar-refractivity contribution in [1.29, 1.82) is 0 Å². The van der Waals surface area contributed by atoms with Crippen LogP contribution in [0, 0.1) is 0 Å². The number of piperazine rings is 1. The highest BCUT2D eigenvalue weighted by atomic mass is 32.1. The second kappa shape index (κ2) is 6.52. The fourth-order valence-electron chi connectivity index (χ4n) is 3.22. The molecule has 4 nitrogen and oxygen atoms in total. The Morgan fingerprint density at radius 2 is 2.30 bits per heavy atom. The first-order chi connectivity index (χ1) is 9.70. The fourth-order valence-corrected chi connectivity index (χ4v) is 3.96. The zero-order valence-electron chi connectivity index (χ0n) is 12.6. The molecular weight excluding hydrogens is 268 g/mol. The van der Waals surface area contributed by atoms with Crippen LogP contribution in [0.5, 0.6) is 0 Å². The van der Waals surface area contributed by atoms with Crippen LogP contribution in [-0.2, 0) is 13.1 Å². The van der Waals surface area contributed by atoms with E-state index in [-0.39, 0.29) is 0 Å². The van der Waals surface area contributed by atoms with Gasteiger partial charge in [0.2, 0.25) is 0 Å². The summed E-state index contributed by atoms with van der Waals surface area (Å²) in [5.41, 5.74) is 1.25. The minimum Gasteiger partial charge on any atom is -0.308 e. The zero-order valence-corrected chi connectivity index (χ0v) is 13.5. The maximum Gasteiger partial charge on any atom is 0.107 e. The third-order valence-corrected chi connectivity index (χ3v) is 5.22. The maximum absolute atomic E-state index is 4.76. The van der Waals surface area contributed by atoms with E-state index in [2.05, 4.69) is 34.3 Å². The van der Waals surface area contributed by atoms with Crippen molar-refractivity contribution in [2.75, 3.05) is 26.2 Å². The lowest BCUT2D eigenvalue weighted by molar-refractivity contribution is 0.0985. The van der Waals surface area contributed by atoms with Crippen LogP contribution >= 0.6 is 11.3 Å². The number of aromatic nitrogens is 1. The summed E-state index contributed by atoms with van der Waals surface area (Å²) in [5.74, 6) is 0. The van der Waals surface area contributed by atoms with Crippen LogP contribution in [0.15, 0.2) is 5.38 Å². The van der Waals surface area contributed by atoms with Crippen LogP contribution < -0.4 is 5.32 Å². The van der Waals surface area contributed by atoms with Crippen LogP contribution in [-0.4, -0.2) is 53.0 Å². The largest absolute Gasteiger partial charge is 0.308 e. The molecule has 2 aliphatic heterocycles. The first kappa shape index (κ1) is 14.4. The van der Waals surface area contributed by atoms with Gasteiger partial charge < -0.3 is 5.32 Å². The maximum atomic E-state index is 4.76. The topological polar surface area (TPSA) is 31.4 Å². The molecule has 1 N–H and O–H groups in total. The molecule has 0 radical (unpaired) electrons. The summed E-state index contributed by atoms with van der Waals surface area (Å²) < 4.78 is 0. The van der Waals surface area contributed by atoms with E-state index in [4.69, 9.17) is 4.98 Å². The number of rotatable bonds is 5. The molecule has 0 bridgehead atoms. The first-order valence-corrected chi connectivity index (χ1v) is 8.72. The molecule has 112 valence electrons. The molecule has 1 atom stereocenters. The fraction of sp³-hybridized carbons (Fsp3) is 0.800. The molecule has 1 unspecified atom stereocenters. The Morgan fingerprint density at radius 1 is 1.40 bits per heavy atom. The van der Waals surface area contributed by atoms with Gasteiger partial charge in [-0.2, -0.15) is 0 Å². The Kier molecular flexibility index (Phi) is 4.71. The molecule has 0 saturated carbocycles. The van der Waals surface area contributed by atoms with Gasteiger partial charge in [-0.25, -0.2) is 4.98 Å². The van der Waals surface area contributed by atoms with Crippen molar-refractivity contribution in [2.24, 2.45) is 0 Å². The molecule has 0 amide bonds. The van der Waals surface area contributed by atoms with Gasteiger partial charge >= 0.3 is 0 Å². The molecule has 0 aliphatic carbocycles. The molecule has 3 rings (SSSR count). The average Bonchev–Trinajstić information content (AvgIpc) is 3.04. The summed E-state index contributed by atoms with van der Waals surface area (Å²) in [5, 5.41) is 6.89. The molecule has 2 aliphatic rings. The number of hydrogen-bond donors (Lipinski definition) is 1. The van der Waals surface area contributed by atoms with Gasteiger partial charge in [-0.1, -0.05) is 13.8 Å². The second-order valence-electron chi connectivity index (χ2n) is 6.34. The number of fused-ring (bicyclic) bond motifs is 1. The van der Waals surface area contributed by atoms with Crippen molar-refractivity contribution in [2.45, 2.75) is 51.9 Å². The van der Waals surface area contributed by atoms with Gasteiger partial charge in [0.1, 0.15) is 5.01 Å². The highest BCUT2D eigenvalue weighted by Crippen LogP contribution is 2.22. The molecule has 20 heavy (non-hydrogen) atoms. The van der Waals surface area contributed by atoms with Gasteiger partial charge in [0, 0.05) is 50.2 Å². The summed E-state index contributed by atoms with van der Waals surface area (Å²) in [6, 6.07) is 1.34. The van der Waals surface area contributed by atoms with Gasteiger partial charge in [0.05, 0.1) is 5.69 Å². The van der Waals surface area contributed by atoms with Gasteiger partial charge in [-0.3, -0.25) is 9.80 Å². The van der Waals surface area contributed by atoms with Gasteiger partial charge in [0.15, 0.2) is 0 Å². The Morgan fingerprint density at radius 3 is 3.15 bits per heavy atom. The molecule has 0 spiro atoms. The highest BCUT2D eigenvalue weighted by molar-refractivity contribution is 7.09. The lowest BCUT2D eigenvalue weighted by Crippen LogP contribution is -2.49. The van der Waals surface area contributed by atoms with Crippen LogP contribution in [0.3, 0.4) is 0 Å². The summed E-state index contributed by atoms with van der Waals surface area (Å²) in [7, 11) is 0. The smallest absolute Gasteiger partial charge is 0.107 e. The lowest BCUT2D eigenvalue weighted by Gasteiger charge is -2.37. The molecular formula is C15H26N4S. The minimum absolute atomic E-state index is 0.526. The molecule has 5 heteroatoms. The zero-order chi connectivity index (χ0) is 13.9. The molecule has 2 fully saturated rings. The summed E-state index contributed by atoms with van der Waals surface area (Å²) in [4.78, 5) is 10.0. The van der Waals surface area contributed by atoms with E-state index in [1.165, 1.54) is 49.7 Å². The van der Waals surface area contributed by atoms with Crippen molar-refractivity contribution >= 4 is 11.3 Å². The van der Waals surface area contributed by atoms with Crippen LogP contribution in [0.2, 0.25) is 0 Å². The third-order valence-electron chi connectivity index (χ3n) is 4.32. The monoisotopic (exact) mass is 294 g/mol. The van der Waals surface area contributed by atoms with Crippen molar-refractivity contribution in [1.82, 2.24) is 20.1 Å². The van der Waals surface area contributed by atoms with Crippen LogP contribution in [0.1, 0.15) is 37.4 Å². The van der Waals surface area contributed by atoms with E-state index in [9.17, 15) is 0 Å². The first-order valence-electron chi connectivity index (χ1n) is 7.84. The summed E-state index contributed by atoms with van der Waals surface area (Å²) in [6.07, 6.45) is 2.78. The van der Waals surface area contributed by atoms with Crippen molar-refractivity contribution in [3.63, 3.8) is 0 Å². The molecule has 1 aromatic heterocycles. The van der Waals surface area contributed by atoms with Crippen molar-refractivity contribution < 1.29 is 0 Å².